The van der Waals surface area contributed by atoms with Gasteiger partial charge in [0.2, 0.25) is 0 Å². The first kappa shape index (κ1) is 17.3. The number of hydrogen-bond acceptors (Lipinski definition) is 3. The summed E-state index contributed by atoms with van der Waals surface area (Å²) in [5.74, 6) is -2.52. The Morgan fingerprint density at radius 3 is 2.00 bits per heavy atom. The Balaban J connectivity index is 1.74. The summed E-state index contributed by atoms with van der Waals surface area (Å²) in [5, 5.41) is 14.5. The summed E-state index contributed by atoms with van der Waals surface area (Å²) in [6, 6.07) is 19.0. The summed E-state index contributed by atoms with van der Waals surface area (Å²) in [7, 11) is 0. The molecule has 138 valence electrons. The lowest BCUT2D eigenvalue weighted by atomic mass is 9.76. The molecule has 3 atom stereocenters. The van der Waals surface area contributed by atoms with Crippen molar-refractivity contribution in [1.82, 2.24) is 10.6 Å². The number of benzene rings is 2. The Morgan fingerprint density at radius 1 is 1.04 bits per heavy atom. The largest absolute Gasteiger partial charge is 0.481 e. The maximum Gasteiger partial charge on any atom is 0.322 e. The monoisotopic (exact) mass is 364 g/mol. The van der Waals surface area contributed by atoms with Crippen molar-refractivity contribution in [3.63, 3.8) is 0 Å². The van der Waals surface area contributed by atoms with Gasteiger partial charge in [0, 0.05) is 11.8 Å². The van der Waals surface area contributed by atoms with Crippen LogP contribution >= 0.6 is 0 Å². The lowest BCUT2D eigenvalue weighted by Gasteiger charge is -2.31. The van der Waals surface area contributed by atoms with Crippen molar-refractivity contribution in [2.45, 2.75) is 24.3 Å². The molecule has 3 N–H and O–H groups in total. The molecule has 0 radical (unpaired) electrons. The number of hydrogen-bond donors (Lipinski definition) is 3. The van der Waals surface area contributed by atoms with Gasteiger partial charge in [0.15, 0.2) is 0 Å². The quantitative estimate of drug-likeness (QED) is 0.686. The SMILES string of the molecule is O=C1NC(=O)C(CC(c2ccccc2)c2ccccc2)([C@H]2C[C@@H]2C(=O)O)N1. The fourth-order valence-electron chi connectivity index (χ4n) is 4.19. The molecule has 6 heteroatoms. The first-order valence-corrected chi connectivity index (χ1v) is 8.97. The van der Waals surface area contributed by atoms with Gasteiger partial charge in [0.25, 0.3) is 5.91 Å². The lowest BCUT2D eigenvalue weighted by Crippen LogP contribution is -2.51. The van der Waals surface area contributed by atoms with E-state index in [0.29, 0.717) is 12.8 Å². The van der Waals surface area contributed by atoms with Crippen LogP contribution in [-0.2, 0) is 9.59 Å². The summed E-state index contributed by atoms with van der Waals surface area (Å²) in [6.07, 6.45) is 0.701. The molecule has 1 saturated carbocycles. The number of aliphatic carboxylic acids is 1. The van der Waals surface area contributed by atoms with Crippen molar-refractivity contribution in [2.75, 3.05) is 0 Å². The van der Waals surface area contributed by atoms with E-state index in [2.05, 4.69) is 10.6 Å². The van der Waals surface area contributed by atoms with E-state index in [1.165, 1.54) is 0 Å². The van der Waals surface area contributed by atoms with Crippen LogP contribution in [0.2, 0.25) is 0 Å². The molecule has 0 aromatic heterocycles. The second kappa shape index (κ2) is 6.54. The standard InChI is InChI=1S/C21H20N2O4/c24-18(25)15-11-17(15)21(19(26)22-20(27)23-21)12-16(13-7-3-1-4-8-13)14-9-5-2-6-10-14/h1-10,15-17H,11-12H2,(H,24,25)(H2,22,23,26,27)/t15-,17-,21?/m0/s1. The maximum atomic E-state index is 12.8. The smallest absolute Gasteiger partial charge is 0.322 e. The van der Waals surface area contributed by atoms with Crippen LogP contribution in [0.5, 0.6) is 0 Å². The number of imide groups is 1. The third-order valence-corrected chi connectivity index (χ3v) is 5.64. The molecule has 2 aromatic carbocycles. The fraction of sp³-hybridized carbons (Fsp3) is 0.286. The van der Waals surface area contributed by atoms with Crippen LogP contribution in [0.25, 0.3) is 0 Å². The molecule has 1 heterocycles. The highest BCUT2D eigenvalue weighted by atomic mass is 16.4. The predicted octanol–water partition coefficient (Wildman–Crippen LogP) is 2.51. The van der Waals surface area contributed by atoms with Crippen LogP contribution in [0.4, 0.5) is 4.79 Å². The van der Waals surface area contributed by atoms with Gasteiger partial charge in [-0.05, 0) is 24.0 Å². The Bertz CT molecular complexity index is 844. The Labute approximate surface area is 156 Å². The van der Waals surface area contributed by atoms with Gasteiger partial charge in [-0.1, -0.05) is 60.7 Å². The first-order chi connectivity index (χ1) is 13.0. The number of amides is 3. The third kappa shape index (κ3) is 3.07. The van der Waals surface area contributed by atoms with Gasteiger partial charge >= 0.3 is 12.0 Å². The number of urea groups is 1. The molecular weight excluding hydrogens is 344 g/mol. The summed E-state index contributed by atoms with van der Waals surface area (Å²) < 4.78 is 0. The molecule has 0 bridgehead atoms. The number of nitrogens with one attached hydrogen (secondary N) is 2. The highest BCUT2D eigenvalue weighted by Gasteiger charge is 2.63. The molecule has 6 nitrogen and oxygen atoms in total. The second-order valence-corrected chi connectivity index (χ2v) is 7.24. The average molecular weight is 364 g/mol. The number of carbonyl (C=O) groups excluding carboxylic acids is 2. The van der Waals surface area contributed by atoms with Crippen LogP contribution in [0.15, 0.2) is 60.7 Å². The maximum absolute atomic E-state index is 12.8. The van der Waals surface area contributed by atoms with E-state index in [1.54, 1.807) is 0 Å². The van der Waals surface area contributed by atoms with Gasteiger partial charge in [-0.25, -0.2) is 4.79 Å². The molecule has 2 fully saturated rings. The van der Waals surface area contributed by atoms with E-state index >= 15 is 0 Å². The number of carboxylic acids is 1. The Morgan fingerprint density at radius 2 is 1.59 bits per heavy atom. The Hall–Kier alpha value is -3.15. The second-order valence-electron chi connectivity index (χ2n) is 7.24. The van der Waals surface area contributed by atoms with Gasteiger partial charge in [0.1, 0.15) is 5.54 Å². The molecule has 1 aliphatic carbocycles. The molecule has 1 unspecified atom stereocenters. The van der Waals surface area contributed by atoms with E-state index in [4.69, 9.17) is 0 Å². The zero-order chi connectivity index (χ0) is 19.0. The third-order valence-electron chi connectivity index (χ3n) is 5.64. The van der Waals surface area contributed by atoms with Gasteiger partial charge in [0.05, 0.1) is 5.92 Å². The summed E-state index contributed by atoms with van der Waals surface area (Å²) >= 11 is 0. The number of rotatable bonds is 6. The molecule has 1 aliphatic heterocycles. The van der Waals surface area contributed by atoms with Crippen LogP contribution < -0.4 is 10.6 Å². The molecule has 0 spiro atoms. The van der Waals surface area contributed by atoms with Crippen LogP contribution in [0, 0.1) is 11.8 Å². The minimum Gasteiger partial charge on any atom is -0.481 e. The molecule has 2 aliphatic rings. The molecule has 2 aromatic rings. The summed E-state index contributed by atoms with van der Waals surface area (Å²) in [6.45, 7) is 0. The Kier molecular flexibility index (Phi) is 4.18. The number of carboxylic acid groups (broad SMARTS) is 1. The number of carbonyl (C=O) groups is 3. The van der Waals surface area contributed by atoms with E-state index < -0.39 is 35.3 Å². The molecule has 27 heavy (non-hydrogen) atoms. The molecule has 3 amide bonds. The minimum absolute atomic E-state index is 0.147. The minimum atomic E-state index is -1.21. The summed E-state index contributed by atoms with van der Waals surface area (Å²) in [5.41, 5.74) is 0.824. The van der Waals surface area contributed by atoms with Gasteiger partial charge in [-0.2, -0.15) is 0 Å². The predicted molar refractivity (Wildman–Crippen MR) is 98.0 cm³/mol. The van der Waals surface area contributed by atoms with Crippen molar-refractivity contribution < 1.29 is 19.5 Å². The van der Waals surface area contributed by atoms with Crippen LogP contribution in [0.1, 0.15) is 29.9 Å². The van der Waals surface area contributed by atoms with Crippen molar-refractivity contribution in [3.8, 4) is 0 Å². The highest BCUT2D eigenvalue weighted by Crippen LogP contribution is 2.51. The van der Waals surface area contributed by atoms with Crippen molar-refractivity contribution in [2.24, 2.45) is 11.8 Å². The van der Waals surface area contributed by atoms with Gasteiger partial charge < -0.3 is 10.4 Å². The zero-order valence-corrected chi connectivity index (χ0v) is 14.6. The van der Waals surface area contributed by atoms with E-state index in [-0.39, 0.29) is 5.92 Å². The highest BCUT2D eigenvalue weighted by molar-refractivity contribution is 6.08. The van der Waals surface area contributed by atoms with Crippen molar-refractivity contribution >= 4 is 17.9 Å². The zero-order valence-electron chi connectivity index (χ0n) is 14.6. The topological polar surface area (TPSA) is 95.5 Å². The van der Waals surface area contributed by atoms with E-state index in [1.807, 2.05) is 60.7 Å². The fourth-order valence-corrected chi connectivity index (χ4v) is 4.19. The first-order valence-electron chi connectivity index (χ1n) is 8.97. The van der Waals surface area contributed by atoms with Crippen molar-refractivity contribution in [3.05, 3.63) is 71.8 Å². The van der Waals surface area contributed by atoms with Crippen molar-refractivity contribution in [1.29, 1.82) is 0 Å². The van der Waals surface area contributed by atoms with Gasteiger partial charge in [-0.15, -0.1) is 0 Å². The molecule has 4 rings (SSSR count). The molecule has 1 saturated heterocycles. The van der Waals surface area contributed by atoms with Crippen LogP contribution in [0.3, 0.4) is 0 Å². The normalized spacial score (nSPS) is 26.6. The summed E-state index contributed by atoms with van der Waals surface area (Å²) in [4.78, 5) is 36.1. The average Bonchev–Trinajstić information content (AvgIpc) is 3.43. The van der Waals surface area contributed by atoms with E-state index in [9.17, 15) is 19.5 Å². The van der Waals surface area contributed by atoms with Gasteiger partial charge in [-0.3, -0.25) is 14.9 Å². The molecular formula is C21H20N2O4. The lowest BCUT2D eigenvalue weighted by molar-refractivity contribution is -0.139. The van der Waals surface area contributed by atoms with Crippen LogP contribution in [-0.4, -0.2) is 28.6 Å². The van der Waals surface area contributed by atoms with E-state index in [0.717, 1.165) is 11.1 Å².